The molecule has 0 aliphatic rings. The molecule has 0 fully saturated rings. The molecule has 96 valence electrons. The van der Waals surface area contributed by atoms with Crippen LogP contribution in [-0.4, -0.2) is 24.5 Å². The zero-order valence-electron chi connectivity index (χ0n) is 10.6. The Kier molecular flexibility index (Phi) is 4.50. The molecule has 2 aromatic rings. The van der Waals surface area contributed by atoms with Crippen molar-refractivity contribution in [2.75, 3.05) is 13.2 Å². The van der Waals surface area contributed by atoms with Crippen LogP contribution in [-0.2, 0) is 9.47 Å². The van der Waals surface area contributed by atoms with Gasteiger partial charge in [0, 0.05) is 36.6 Å². The molecule has 0 saturated heterocycles. The van der Waals surface area contributed by atoms with Crippen molar-refractivity contribution in [2.45, 2.75) is 20.1 Å². The third kappa shape index (κ3) is 2.97. The van der Waals surface area contributed by atoms with Gasteiger partial charge >= 0.3 is 0 Å². The zero-order valence-corrected chi connectivity index (χ0v) is 10.6. The quantitative estimate of drug-likeness (QED) is 0.735. The van der Waals surface area contributed by atoms with Gasteiger partial charge in [0.15, 0.2) is 6.29 Å². The maximum absolute atomic E-state index is 5.44. The number of fused-ring (bicyclic) bond motifs is 1. The van der Waals surface area contributed by atoms with E-state index >= 15 is 0 Å². The molecule has 0 N–H and O–H groups in total. The van der Waals surface area contributed by atoms with Crippen LogP contribution in [0.15, 0.2) is 35.2 Å². The van der Waals surface area contributed by atoms with Gasteiger partial charge in [-0.3, -0.25) is 4.98 Å². The lowest BCUT2D eigenvalue weighted by molar-refractivity contribution is -0.103. The summed E-state index contributed by atoms with van der Waals surface area (Å²) in [6.45, 7) is 5.11. The Balaban J connectivity index is 2.16. The van der Waals surface area contributed by atoms with E-state index < -0.39 is 0 Å². The average molecular weight is 247 g/mol. The Morgan fingerprint density at radius 3 is 2.83 bits per heavy atom. The van der Waals surface area contributed by atoms with E-state index in [1.807, 2.05) is 32.1 Å². The first-order chi connectivity index (χ1) is 8.85. The summed E-state index contributed by atoms with van der Waals surface area (Å²) in [5.41, 5.74) is 1.80. The van der Waals surface area contributed by atoms with E-state index in [9.17, 15) is 0 Å². The maximum Gasteiger partial charge on any atom is 0.177 e. The van der Waals surface area contributed by atoms with Crippen molar-refractivity contribution in [3.05, 3.63) is 36.4 Å². The fourth-order valence-electron chi connectivity index (χ4n) is 1.69. The zero-order chi connectivity index (χ0) is 12.8. The highest BCUT2D eigenvalue weighted by molar-refractivity contribution is 5.86. The minimum atomic E-state index is -0.318. The lowest BCUT2D eigenvalue weighted by atomic mass is 10.2. The van der Waals surface area contributed by atoms with Crippen LogP contribution in [0.4, 0.5) is 0 Å². The first-order valence-electron chi connectivity index (χ1n) is 6.07. The van der Waals surface area contributed by atoms with Crippen molar-refractivity contribution < 1.29 is 13.9 Å². The van der Waals surface area contributed by atoms with Crippen molar-refractivity contribution >= 4 is 17.0 Å². The smallest absolute Gasteiger partial charge is 0.177 e. The lowest BCUT2D eigenvalue weighted by Crippen LogP contribution is -2.13. The number of nitrogens with zero attached hydrogens (tertiary/aromatic N) is 1. The van der Waals surface area contributed by atoms with Crippen LogP contribution in [0.2, 0.25) is 0 Å². The topological polar surface area (TPSA) is 44.5 Å². The Morgan fingerprint density at radius 2 is 2.11 bits per heavy atom. The van der Waals surface area contributed by atoms with Gasteiger partial charge in [0.25, 0.3) is 0 Å². The van der Waals surface area contributed by atoms with Crippen LogP contribution in [0.5, 0.6) is 0 Å². The van der Waals surface area contributed by atoms with E-state index in [0.717, 1.165) is 16.5 Å². The lowest BCUT2D eigenvalue weighted by Gasteiger charge is -2.11. The second-order valence-corrected chi connectivity index (χ2v) is 3.70. The minimum absolute atomic E-state index is 0.318. The summed E-state index contributed by atoms with van der Waals surface area (Å²) in [6.07, 6.45) is 8.70. The van der Waals surface area contributed by atoms with Crippen LogP contribution >= 0.6 is 0 Å². The van der Waals surface area contributed by atoms with Gasteiger partial charge in [0.1, 0.15) is 5.58 Å². The molecule has 2 aromatic heterocycles. The highest BCUT2D eigenvalue weighted by atomic mass is 16.7. The van der Waals surface area contributed by atoms with Crippen LogP contribution in [0.25, 0.3) is 17.0 Å². The number of furan rings is 1. The van der Waals surface area contributed by atoms with E-state index in [-0.39, 0.29) is 6.29 Å². The molecule has 0 saturated carbocycles. The SMILES string of the molecule is CCOC(/C=C/c1coc2ccncc12)OCC. The number of ether oxygens (including phenoxy) is 2. The number of rotatable bonds is 6. The first-order valence-corrected chi connectivity index (χ1v) is 6.07. The van der Waals surface area contributed by atoms with E-state index in [1.54, 1.807) is 18.7 Å². The molecule has 2 rings (SSSR count). The van der Waals surface area contributed by atoms with Gasteiger partial charge in [-0.25, -0.2) is 0 Å². The normalized spacial score (nSPS) is 11.9. The third-order valence-corrected chi connectivity index (χ3v) is 2.50. The summed E-state index contributed by atoms with van der Waals surface area (Å²) < 4.78 is 16.3. The summed E-state index contributed by atoms with van der Waals surface area (Å²) >= 11 is 0. The molecule has 0 aliphatic carbocycles. The molecule has 0 aromatic carbocycles. The van der Waals surface area contributed by atoms with Crippen LogP contribution in [0, 0.1) is 0 Å². The van der Waals surface area contributed by atoms with Gasteiger partial charge in [-0.15, -0.1) is 0 Å². The van der Waals surface area contributed by atoms with Gasteiger partial charge in [-0.2, -0.15) is 0 Å². The molecule has 0 unspecified atom stereocenters. The Labute approximate surface area is 106 Å². The van der Waals surface area contributed by atoms with E-state index in [1.165, 1.54) is 0 Å². The maximum atomic E-state index is 5.44. The predicted octanol–water partition coefficient (Wildman–Crippen LogP) is 3.24. The summed E-state index contributed by atoms with van der Waals surface area (Å²) in [5, 5.41) is 0.987. The van der Waals surface area contributed by atoms with Crippen LogP contribution in [0.1, 0.15) is 19.4 Å². The van der Waals surface area contributed by atoms with Crippen molar-refractivity contribution in [3.63, 3.8) is 0 Å². The predicted molar refractivity (Wildman–Crippen MR) is 70.1 cm³/mol. The van der Waals surface area contributed by atoms with Gasteiger partial charge < -0.3 is 13.9 Å². The first kappa shape index (κ1) is 12.8. The fraction of sp³-hybridized carbons (Fsp3) is 0.357. The van der Waals surface area contributed by atoms with Gasteiger partial charge in [0.2, 0.25) is 0 Å². The van der Waals surface area contributed by atoms with E-state index in [2.05, 4.69) is 4.98 Å². The number of hydrogen-bond donors (Lipinski definition) is 0. The molecular formula is C14H17NO3. The van der Waals surface area contributed by atoms with Gasteiger partial charge in [0.05, 0.1) is 6.26 Å². The standard InChI is InChI=1S/C14H17NO3/c1-3-16-14(17-4-2)6-5-11-10-18-13-7-8-15-9-12(11)13/h5-10,14H,3-4H2,1-2H3/b6-5+. The molecule has 0 bridgehead atoms. The molecule has 4 heteroatoms. The second kappa shape index (κ2) is 6.33. The number of hydrogen-bond acceptors (Lipinski definition) is 4. The fourth-order valence-corrected chi connectivity index (χ4v) is 1.69. The average Bonchev–Trinajstić information content (AvgIpc) is 2.80. The van der Waals surface area contributed by atoms with Crippen LogP contribution < -0.4 is 0 Å². The number of pyridine rings is 1. The molecule has 0 atom stereocenters. The van der Waals surface area contributed by atoms with Crippen LogP contribution in [0.3, 0.4) is 0 Å². The van der Waals surface area contributed by atoms with Gasteiger partial charge in [-0.05, 0) is 26.0 Å². The molecule has 0 spiro atoms. The third-order valence-electron chi connectivity index (χ3n) is 2.50. The number of aromatic nitrogens is 1. The summed E-state index contributed by atoms with van der Waals surface area (Å²) in [4.78, 5) is 4.09. The molecule has 4 nitrogen and oxygen atoms in total. The van der Waals surface area contributed by atoms with Crippen molar-refractivity contribution in [3.8, 4) is 0 Å². The molecule has 2 heterocycles. The largest absolute Gasteiger partial charge is 0.464 e. The highest BCUT2D eigenvalue weighted by Crippen LogP contribution is 2.21. The molecule has 0 radical (unpaired) electrons. The summed E-state index contributed by atoms with van der Waals surface area (Å²) in [7, 11) is 0. The van der Waals surface area contributed by atoms with Gasteiger partial charge in [-0.1, -0.05) is 6.08 Å². The second-order valence-electron chi connectivity index (χ2n) is 3.70. The summed E-state index contributed by atoms with van der Waals surface area (Å²) in [5.74, 6) is 0. The van der Waals surface area contributed by atoms with Crippen molar-refractivity contribution in [2.24, 2.45) is 0 Å². The molecule has 0 aliphatic heterocycles. The monoisotopic (exact) mass is 247 g/mol. The van der Waals surface area contributed by atoms with E-state index in [4.69, 9.17) is 13.9 Å². The Morgan fingerprint density at radius 1 is 1.33 bits per heavy atom. The molecular weight excluding hydrogens is 230 g/mol. The van der Waals surface area contributed by atoms with Crippen molar-refractivity contribution in [1.29, 1.82) is 0 Å². The highest BCUT2D eigenvalue weighted by Gasteiger charge is 2.05. The van der Waals surface area contributed by atoms with Crippen molar-refractivity contribution in [1.82, 2.24) is 4.98 Å². The van der Waals surface area contributed by atoms with E-state index in [0.29, 0.717) is 13.2 Å². The minimum Gasteiger partial charge on any atom is -0.464 e. The summed E-state index contributed by atoms with van der Waals surface area (Å²) in [6, 6.07) is 1.84. The molecule has 18 heavy (non-hydrogen) atoms. The Bertz CT molecular complexity index is 512. The molecule has 0 amide bonds. The Hall–Kier alpha value is -1.65.